The van der Waals surface area contributed by atoms with Crippen LogP contribution < -0.4 is 0 Å². The van der Waals surface area contributed by atoms with Crippen LogP contribution in [0.2, 0.25) is 0 Å². The lowest BCUT2D eigenvalue weighted by atomic mass is 10.1. The largest absolute Gasteiger partial charge is 0.444 e. The van der Waals surface area contributed by atoms with Crippen LogP contribution in [-0.4, -0.2) is 41.3 Å². The fourth-order valence-corrected chi connectivity index (χ4v) is 2.32. The van der Waals surface area contributed by atoms with Crippen LogP contribution in [0, 0.1) is 6.92 Å². The SMILES string of the molecule is Cc1cc(C2CN(C(=O)OC(C)(C)C)CCO2)cnc1Br. The third-order valence-corrected chi connectivity index (χ3v) is 3.96. The Morgan fingerprint density at radius 1 is 1.52 bits per heavy atom. The number of aromatic nitrogens is 1. The van der Waals surface area contributed by atoms with Crippen LogP contribution in [0.25, 0.3) is 0 Å². The number of amides is 1. The number of morpholine rings is 1. The predicted molar refractivity (Wildman–Crippen MR) is 83.2 cm³/mol. The molecule has 1 unspecified atom stereocenters. The van der Waals surface area contributed by atoms with Crippen LogP contribution >= 0.6 is 15.9 Å². The fraction of sp³-hybridized carbons (Fsp3) is 0.600. The van der Waals surface area contributed by atoms with E-state index in [0.29, 0.717) is 19.7 Å². The van der Waals surface area contributed by atoms with Crippen LogP contribution in [0.15, 0.2) is 16.9 Å². The van der Waals surface area contributed by atoms with E-state index in [0.717, 1.165) is 15.7 Å². The van der Waals surface area contributed by atoms with E-state index in [1.54, 1.807) is 11.1 Å². The summed E-state index contributed by atoms with van der Waals surface area (Å²) >= 11 is 3.39. The first-order valence-electron chi connectivity index (χ1n) is 6.98. The molecule has 1 aliphatic rings. The van der Waals surface area contributed by atoms with Crippen molar-refractivity contribution >= 4 is 22.0 Å². The molecule has 5 nitrogen and oxygen atoms in total. The normalized spacial score (nSPS) is 19.5. The van der Waals surface area contributed by atoms with E-state index in [1.165, 1.54) is 0 Å². The molecule has 0 saturated carbocycles. The molecule has 116 valence electrons. The van der Waals surface area contributed by atoms with Crippen molar-refractivity contribution < 1.29 is 14.3 Å². The molecule has 0 N–H and O–H groups in total. The Morgan fingerprint density at radius 2 is 2.24 bits per heavy atom. The Hall–Kier alpha value is -1.14. The van der Waals surface area contributed by atoms with Gasteiger partial charge in [0.1, 0.15) is 16.3 Å². The Bertz CT molecular complexity index is 528. The van der Waals surface area contributed by atoms with Gasteiger partial charge in [0.2, 0.25) is 0 Å². The first kappa shape index (κ1) is 16.2. The second-order valence-electron chi connectivity index (χ2n) is 6.16. The van der Waals surface area contributed by atoms with E-state index in [4.69, 9.17) is 9.47 Å². The van der Waals surface area contributed by atoms with Gasteiger partial charge in [-0.25, -0.2) is 9.78 Å². The zero-order valence-corrected chi connectivity index (χ0v) is 14.4. The summed E-state index contributed by atoms with van der Waals surface area (Å²) in [6.07, 6.45) is 1.32. The first-order valence-corrected chi connectivity index (χ1v) is 7.77. The molecular weight excluding hydrogens is 336 g/mol. The summed E-state index contributed by atoms with van der Waals surface area (Å²) in [5.74, 6) is 0. The lowest BCUT2D eigenvalue weighted by Crippen LogP contribution is -2.44. The summed E-state index contributed by atoms with van der Waals surface area (Å²) in [4.78, 5) is 18.1. The molecule has 21 heavy (non-hydrogen) atoms. The van der Waals surface area contributed by atoms with Crippen molar-refractivity contribution in [3.63, 3.8) is 0 Å². The highest BCUT2D eigenvalue weighted by atomic mass is 79.9. The average Bonchev–Trinajstić information content (AvgIpc) is 2.40. The smallest absolute Gasteiger partial charge is 0.410 e. The minimum atomic E-state index is -0.485. The van der Waals surface area contributed by atoms with E-state index in [2.05, 4.69) is 20.9 Å². The molecule has 1 fully saturated rings. The third kappa shape index (κ3) is 4.41. The van der Waals surface area contributed by atoms with Gasteiger partial charge in [0.15, 0.2) is 0 Å². The number of nitrogens with zero attached hydrogens (tertiary/aromatic N) is 2. The summed E-state index contributed by atoms with van der Waals surface area (Å²) in [6, 6.07) is 2.03. The summed E-state index contributed by atoms with van der Waals surface area (Å²) < 4.78 is 12.0. The van der Waals surface area contributed by atoms with E-state index in [-0.39, 0.29) is 12.2 Å². The van der Waals surface area contributed by atoms with Crippen molar-refractivity contribution in [2.45, 2.75) is 39.4 Å². The molecule has 0 bridgehead atoms. The zero-order chi connectivity index (χ0) is 15.6. The summed E-state index contributed by atoms with van der Waals surface area (Å²) in [5, 5.41) is 0. The number of pyridine rings is 1. The van der Waals surface area contributed by atoms with Gasteiger partial charge in [-0.15, -0.1) is 0 Å². The van der Waals surface area contributed by atoms with Gasteiger partial charge in [0.25, 0.3) is 0 Å². The van der Waals surface area contributed by atoms with Crippen molar-refractivity contribution in [3.05, 3.63) is 28.0 Å². The number of halogens is 1. The lowest BCUT2D eigenvalue weighted by Gasteiger charge is -2.34. The summed E-state index contributed by atoms with van der Waals surface area (Å²) in [6.45, 7) is 9.11. The maximum Gasteiger partial charge on any atom is 0.410 e. The summed E-state index contributed by atoms with van der Waals surface area (Å²) in [5.41, 5.74) is 1.54. The zero-order valence-electron chi connectivity index (χ0n) is 12.9. The molecule has 0 radical (unpaired) electrons. The van der Waals surface area contributed by atoms with Crippen molar-refractivity contribution in [3.8, 4) is 0 Å². The molecule has 2 rings (SSSR count). The number of ether oxygens (including phenoxy) is 2. The van der Waals surface area contributed by atoms with Crippen molar-refractivity contribution in [1.29, 1.82) is 0 Å². The van der Waals surface area contributed by atoms with Crippen LogP contribution in [0.1, 0.15) is 38.0 Å². The summed E-state index contributed by atoms with van der Waals surface area (Å²) in [7, 11) is 0. The number of hydrogen-bond acceptors (Lipinski definition) is 4. The molecule has 2 heterocycles. The molecule has 1 saturated heterocycles. The van der Waals surface area contributed by atoms with Crippen LogP contribution in [0.3, 0.4) is 0 Å². The number of aryl methyl sites for hydroxylation is 1. The standard InChI is InChI=1S/C15H21BrN2O3/c1-10-7-11(8-17-13(10)16)12-9-18(5-6-20-12)14(19)21-15(2,3)4/h7-8,12H,5-6,9H2,1-4H3. The van der Waals surface area contributed by atoms with E-state index >= 15 is 0 Å². The van der Waals surface area contributed by atoms with Gasteiger partial charge in [-0.05, 0) is 55.3 Å². The maximum absolute atomic E-state index is 12.1. The fourth-order valence-electron chi connectivity index (χ4n) is 2.10. The molecule has 1 aliphatic heterocycles. The molecule has 0 spiro atoms. The number of rotatable bonds is 1. The Morgan fingerprint density at radius 3 is 2.86 bits per heavy atom. The third-order valence-electron chi connectivity index (χ3n) is 3.13. The minimum Gasteiger partial charge on any atom is -0.444 e. The predicted octanol–water partition coefficient (Wildman–Crippen LogP) is 3.46. The van der Waals surface area contributed by atoms with Gasteiger partial charge in [0, 0.05) is 18.3 Å². The van der Waals surface area contributed by atoms with Crippen molar-refractivity contribution in [2.24, 2.45) is 0 Å². The van der Waals surface area contributed by atoms with Crippen LogP contribution in [-0.2, 0) is 9.47 Å². The molecule has 1 aromatic rings. The number of carbonyl (C=O) groups is 1. The first-order chi connectivity index (χ1) is 9.76. The van der Waals surface area contributed by atoms with Gasteiger partial charge in [-0.3, -0.25) is 0 Å². The monoisotopic (exact) mass is 356 g/mol. The molecule has 1 amide bonds. The van der Waals surface area contributed by atoms with Gasteiger partial charge in [-0.2, -0.15) is 0 Å². The number of carbonyl (C=O) groups excluding carboxylic acids is 1. The molecular formula is C15H21BrN2O3. The Labute approximate surface area is 133 Å². The molecule has 6 heteroatoms. The van der Waals surface area contributed by atoms with E-state index in [1.807, 2.05) is 33.8 Å². The van der Waals surface area contributed by atoms with Crippen molar-refractivity contribution in [1.82, 2.24) is 9.88 Å². The average molecular weight is 357 g/mol. The van der Waals surface area contributed by atoms with Crippen molar-refractivity contribution in [2.75, 3.05) is 19.7 Å². The molecule has 0 aliphatic carbocycles. The molecule has 0 aromatic carbocycles. The second-order valence-corrected chi connectivity index (χ2v) is 6.91. The highest BCUT2D eigenvalue weighted by Crippen LogP contribution is 2.25. The second kappa shape index (κ2) is 6.32. The van der Waals surface area contributed by atoms with Crippen LogP contribution in [0.4, 0.5) is 4.79 Å². The van der Waals surface area contributed by atoms with Gasteiger partial charge in [-0.1, -0.05) is 0 Å². The van der Waals surface area contributed by atoms with E-state index in [9.17, 15) is 4.79 Å². The van der Waals surface area contributed by atoms with Crippen LogP contribution in [0.5, 0.6) is 0 Å². The minimum absolute atomic E-state index is 0.162. The topological polar surface area (TPSA) is 51.7 Å². The van der Waals surface area contributed by atoms with Gasteiger partial charge in [0.05, 0.1) is 13.2 Å². The maximum atomic E-state index is 12.1. The highest BCUT2D eigenvalue weighted by Gasteiger charge is 2.29. The highest BCUT2D eigenvalue weighted by molar-refractivity contribution is 9.10. The van der Waals surface area contributed by atoms with E-state index < -0.39 is 5.60 Å². The van der Waals surface area contributed by atoms with Gasteiger partial charge < -0.3 is 14.4 Å². The lowest BCUT2D eigenvalue weighted by molar-refractivity contribution is -0.0434. The Kier molecular flexibility index (Phi) is 4.88. The molecule has 1 aromatic heterocycles. The Balaban J connectivity index is 2.06. The number of hydrogen-bond donors (Lipinski definition) is 0. The quantitative estimate of drug-likeness (QED) is 0.723. The van der Waals surface area contributed by atoms with Gasteiger partial charge >= 0.3 is 6.09 Å². The molecule has 1 atom stereocenters.